The lowest BCUT2D eigenvalue weighted by Crippen LogP contribution is -2.54. The summed E-state index contributed by atoms with van der Waals surface area (Å²) in [5.41, 5.74) is -2.00. The highest BCUT2D eigenvalue weighted by atomic mass is 16.5. The lowest BCUT2D eigenvalue weighted by Gasteiger charge is -2.31. The molecule has 3 N–H and O–H groups in total. The Morgan fingerprint density at radius 2 is 2.22 bits per heavy atom. The van der Waals surface area contributed by atoms with Crippen molar-refractivity contribution in [3.63, 3.8) is 0 Å². The predicted octanol–water partition coefficient (Wildman–Crippen LogP) is -0.0802. The van der Waals surface area contributed by atoms with Gasteiger partial charge >= 0.3 is 5.97 Å². The molecule has 0 aromatic carbocycles. The summed E-state index contributed by atoms with van der Waals surface area (Å²) < 4.78 is 4.61. The van der Waals surface area contributed by atoms with Gasteiger partial charge in [-0.1, -0.05) is 23.4 Å². The molecule has 1 aliphatic carbocycles. The quantitative estimate of drug-likeness (QED) is 0.647. The van der Waals surface area contributed by atoms with Crippen LogP contribution in [0.1, 0.15) is 10.6 Å². The van der Waals surface area contributed by atoms with Crippen molar-refractivity contribution >= 4 is 11.9 Å². The number of rotatable bonds is 3. The molecule has 7 heteroatoms. The maximum atomic E-state index is 11.7. The number of carbonyl (C=O) groups is 2. The predicted molar refractivity (Wildman–Crippen MR) is 58.3 cm³/mol. The first-order chi connectivity index (χ1) is 8.53. The Labute approximate surface area is 101 Å². The number of carboxylic acids is 1. The Morgan fingerprint density at radius 3 is 2.83 bits per heavy atom. The van der Waals surface area contributed by atoms with Gasteiger partial charge in [0, 0.05) is 6.07 Å². The summed E-state index contributed by atoms with van der Waals surface area (Å²) >= 11 is 0. The van der Waals surface area contributed by atoms with E-state index in [1.54, 1.807) is 0 Å². The molecule has 2 rings (SSSR count). The Kier molecular flexibility index (Phi) is 2.99. The number of hydrogen-bond acceptors (Lipinski definition) is 5. The van der Waals surface area contributed by atoms with Crippen LogP contribution in [0, 0.1) is 5.92 Å². The zero-order chi connectivity index (χ0) is 13.2. The van der Waals surface area contributed by atoms with Crippen LogP contribution in [0.4, 0.5) is 0 Å². The fourth-order valence-electron chi connectivity index (χ4n) is 1.59. The van der Waals surface area contributed by atoms with E-state index in [-0.39, 0.29) is 5.76 Å². The number of hydrogen-bond donors (Lipinski definition) is 3. The minimum Gasteiger partial charge on any atom is -0.481 e. The lowest BCUT2D eigenvalue weighted by atomic mass is 9.91. The van der Waals surface area contributed by atoms with E-state index in [4.69, 9.17) is 5.11 Å². The van der Waals surface area contributed by atoms with Crippen LogP contribution in [-0.2, 0) is 4.79 Å². The van der Waals surface area contributed by atoms with Gasteiger partial charge in [0.1, 0.15) is 5.92 Å². The number of aromatic nitrogens is 1. The van der Waals surface area contributed by atoms with Crippen LogP contribution in [0.3, 0.4) is 0 Å². The van der Waals surface area contributed by atoms with E-state index in [1.807, 2.05) is 0 Å². The fourth-order valence-corrected chi connectivity index (χ4v) is 1.59. The maximum Gasteiger partial charge on any atom is 0.315 e. The monoisotopic (exact) mass is 250 g/mol. The minimum atomic E-state index is -2.00. The second-order valence-electron chi connectivity index (χ2n) is 3.72. The van der Waals surface area contributed by atoms with Gasteiger partial charge in [0.25, 0.3) is 5.91 Å². The molecule has 1 aromatic heterocycles. The first-order valence-corrected chi connectivity index (χ1v) is 5.07. The second-order valence-corrected chi connectivity index (χ2v) is 3.72. The summed E-state index contributed by atoms with van der Waals surface area (Å²) in [5, 5.41) is 24.7. The Hall–Kier alpha value is -2.41. The summed E-state index contributed by atoms with van der Waals surface area (Å²) in [6.45, 7) is 0. The Balaban J connectivity index is 2.20. The summed E-state index contributed by atoms with van der Waals surface area (Å²) in [5.74, 6) is -3.39. The molecule has 0 aliphatic heterocycles. The molecule has 2 unspecified atom stereocenters. The van der Waals surface area contributed by atoms with Crippen LogP contribution in [0.15, 0.2) is 41.1 Å². The van der Waals surface area contributed by atoms with Crippen LogP contribution < -0.4 is 5.32 Å². The topological polar surface area (TPSA) is 113 Å². The van der Waals surface area contributed by atoms with Crippen molar-refractivity contribution in [1.82, 2.24) is 10.5 Å². The number of carboxylic acid groups (broad SMARTS) is 1. The number of aliphatic hydroxyl groups is 1. The van der Waals surface area contributed by atoms with Crippen molar-refractivity contribution in [1.29, 1.82) is 0 Å². The van der Waals surface area contributed by atoms with E-state index in [0.717, 1.165) is 0 Å². The first-order valence-electron chi connectivity index (χ1n) is 5.07. The first kappa shape index (κ1) is 12.1. The highest BCUT2D eigenvalue weighted by Gasteiger charge is 2.41. The molecule has 1 aromatic rings. The maximum absolute atomic E-state index is 11.7. The molecule has 2 atom stereocenters. The number of amides is 1. The molecule has 0 fully saturated rings. The number of nitrogens with one attached hydrogen (secondary N) is 1. The molecular weight excluding hydrogens is 240 g/mol. The van der Waals surface area contributed by atoms with Crippen molar-refractivity contribution in [2.24, 2.45) is 5.92 Å². The van der Waals surface area contributed by atoms with Crippen LogP contribution in [0.2, 0.25) is 0 Å². The average molecular weight is 250 g/mol. The number of carbonyl (C=O) groups excluding carboxylic acids is 1. The molecule has 0 spiro atoms. The number of aliphatic carboxylic acids is 1. The zero-order valence-corrected chi connectivity index (χ0v) is 9.11. The van der Waals surface area contributed by atoms with Crippen molar-refractivity contribution in [3.8, 4) is 0 Å². The highest BCUT2D eigenvalue weighted by Crippen LogP contribution is 2.22. The van der Waals surface area contributed by atoms with E-state index in [0.29, 0.717) is 0 Å². The molecule has 0 bridgehead atoms. The molecule has 0 saturated heterocycles. The molecule has 7 nitrogen and oxygen atoms in total. The van der Waals surface area contributed by atoms with Crippen molar-refractivity contribution < 1.29 is 24.3 Å². The molecule has 1 heterocycles. The van der Waals surface area contributed by atoms with Gasteiger partial charge in [-0.2, -0.15) is 0 Å². The average Bonchev–Trinajstić information content (AvgIpc) is 2.81. The van der Waals surface area contributed by atoms with Crippen LogP contribution in [0.25, 0.3) is 0 Å². The van der Waals surface area contributed by atoms with E-state index in [1.165, 1.54) is 36.6 Å². The normalized spacial score (nSPS) is 25.9. The van der Waals surface area contributed by atoms with Gasteiger partial charge in [-0.3, -0.25) is 9.59 Å². The molecule has 94 valence electrons. The van der Waals surface area contributed by atoms with Gasteiger partial charge in [0.2, 0.25) is 5.76 Å². The number of allylic oxidation sites excluding steroid dienone is 2. The van der Waals surface area contributed by atoms with Gasteiger partial charge < -0.3 is 20.1 Å². The van der Waals surface area contributed by atoms with Gasteiger partial charge in [0.05, 0.1) is 6.20 Å². The standard InChI is InChI=1S/C11H10N2O5/c14-9(8-4-6-12-18-8)13-11(17)5-2-1-3-7(11)10(15)16/h1-7,17H,(H,13,14)(H,15,16). The molecule has 1 amide bonds. The number of nitrogens with zero attached hydrogens (tertiary/aromatic N) is 1. The summed E-state index contributed by atoms with van der Waals surface area (Å²) in [6, 6.07) is 1.30. The third-order valence-electron chi connectivity index (χ3n) is 2.48. The SMILES string of the molecule is O=C(NC1(O)C=CC=CC1C(=O)O)c1ccno1. The summed E-state index contributed by atoms with van der Waals surface area (Å²) in [4.78, 5) is 22.7. The van der Waals surface area contributed by atoms with Crippen molar-refractivity contribution in [3.05, 3.63) is 42.3 Å². The van der Waals surface area contributed by atoms with Crippen LogP contribution in [0.5, 0.6) is 0 Å². The van der Waals surface area contributed by atoms with Crippen molar-refractivity contribution in [2.45, 2.75) is 5.72 Å². The van der Waals surface area contributed by atoms with Gasteiger partial charge in [-0.05, 0) is 6.08 Å². The van der Waals surface area contributed by atoms with Gasteiger partial charge in [-0.25, -0.2) is 0 Å². The van der Waals surface area contributed by atoms with E-state index >= 15 is 0 Å². The molecular formula is C11H10N2O5. The van der Waals surface area contributed by atoms with E-state index in [2.05, 4.69) is 15.0 Å². The molecule has 0 radical (unpaired) electrons. The Bertz CT molecular complexity index is 520. The summed E-state index contributed by atoms with van der Waals surface area (Å²) in [7, 11) is 0. The largest absolute Gasteiger partial charge is 0.481 e. The van der Waals surface area contributed by atoms with Crippen LogP contribution >= 0.6 is 0 Å². The minimum absolute atomic E-state index is 0.115. The van der Waals surface area contributed by atoms with Gasteiger partial charge in [0.15, 0.2) is 5.72 Å². The van der Waals surface area contributed by atoms with Crippen molar-refractivity contribution in [2.75, 3.05) is 0 Å². The molecule has 18 heavy (non-hydrogen) atoms. The molecule has 0 saturated carbocycles. The van der Waals surface area contributed by atoms with E-state index < -0.39 is 23.5 Å². The van der Waals surface area contributed by atoms with Crippen LogP contribution in [-0.4, -0.2) is 33.0 Å². The third-order valence-corrected chi connectivity index (χ3v) is 2.48. The Morgan fingerprint density at radius 1 is 1.44 bits per heavy atom. The van der Waals surface area contributed by atoms with E-state index in [9.17, 15) is 14.7 Å². The second kappa shape index (κ2) is 4.46. The molecule has 1 aliphatic rings. The van der Waals surface area contributed by atoms with Gasteiger partial charge in [-0.15, -0.1) is 0 Å². The highest BCUT2D eigenvalue weighted by molar-refractivity contribution is 5.92. The zero-order valence-electron chi connectivity index (χ0n) is 9.11. The fraction of sp³-hybridized carbons (Fsp3) is 0.182. The third kappa shape index (κ3) is 2.16. The lowest BCUT2D eigenvalue weighted by molar-refractivity contribution is -0.147. The summed E-state index contributed by atoms with van der Waals surface area (Å²) in [6.07, 6.45) is 6.67. The smallest absolute Gasteiger partial charge is 0.315 e.